The molecule has 0 aliphatic carbocycles. The first-order chi connectivity index (χ1) is 2.41. The van der Waals surface area contributed by atoms with Crippen LogP contribution in [0, 0.1) is 0 Å². The molecule has 0 radical (unpaired) electrons. The summed E-state index contributed by atoms with van der Waals surface area (Å²) < 4.78 is 0. The van der Waals surface area contributed by atoms with Gasteiger partial charge >= 0.3 is 33.2 Å². The Morgan fingerprint density at radius 3 is 1.60 bits per heavy atom. The van der Waals surface area contributed by atoms with Gasteiger partial charge in [-0.25, -0.2) is 0 Å². The van der Waals surface area contributed by atoms with Crippen molar-refractivity contribution in [3.05, 3.63) is 0 Å². The maximum atomic E-state index is 9.03. The minimum absolute atomic E-state index is 0.438. The molecule has 0 aromatic rings. The molecular weight excluding hydrogens is 111 g/mol. The molecule has 5 heavy (non-hydrogen) atoms. The van der Waals surface area contributed by atoms with Gasteiger partial charge in [-0.1, -0.05) is 0 Å². The Hall–Kier alpha value is -0.321. The van der Waals surface area contributed by atoms with Crippen LogP contribution in [0.3, 0.4) is 0 Å². The fraction of sp³-hybridized carbons (Fsp3) is 0. The van der Waals surface area contributed by atoms with Crippen molar-refractivity contribution in [3.8, 4) is 0 Å². The topological polar surface area (TPSA) is 34.1 Å². The molecule has 0 aliphatic rings. The molecule has 0 aliphatic heterocycles. The summed E-state index contributed by atoms with van der Waals surface area (Å²) in [5.74, 6) is 0. The Morgan fingerprint density at radius 2 is 1.60 bits per heavy atom. The molecule has 0 saturated carbocycles. The molecule has 0 saturated heterocycles. The standard InChI is InChI=1S/2CO.Mn/c2*1-2;. The summed E-state index contributed by atoms with van der Waals surface area (Å²) in [6, 6.07) is 0. The van der Waals surface area contributed by atoms with E-state index in [2.05, 4.69) is 0 Å². The van der Waals surface area contributed by atoms with E-state index < -0.39 is 14.1 Å². The predicted molar refractivity (Wildman–Crippen MR) is 11.4 cm³/mol. The fourth-order valence-electron chi connectivity index (χ4n) is 0.0157. The zero-order valence-corrected chi connectivity index (χ0v) is 3.37. The van der Waals surface area contributed by atoms with Crippen LogP contribution in [0.5, 0.6) is 0 Å². The average Bonchev–Trinajstić information content (AvgIpc) is 1.41. The van der Waals surface area contributed by atoms with Crippen LogP contribution < -0.4 is 0 Å². The molecule has 0 atom stereocenters. The normalized spacial score (nSPS) is 4.00. The summed E-state index contributed by atoms with van der Waals surface area (Å²) >= 11 is -0.438. The molecule has 0 aromatic heterocycles. The zero-order chi connectivity index (χ0) is 4.12. The van der Waals surface area contributed by atoms with Crippen LogP contribution in [0.4, 0.5) is 0 Å². The predicted octanol–water partition coefficient (Wildman–Crippen LogP) is -0.797. The van der Waals surface area contributed by atoms with E-state index in [0.717, 1.165) is 0 Å². The first kappa shape index (κ1) is 4.68. The molecule has 0 unspecified atom stereocenters. The summed E-state index contributed by atoms with van der Waals surface area (Å²) in [6.07, 6.45) is 0. The monoisotopic (exact) mass is 111 g/mol. The Bertz CT molecular complexity index is 99.6. The quantitative estimate of drug-likeness (QED) is 0.383. The van der Waals surface area contributed by atoms with E-state index in [1.807, 2.05) is 0 Å². The van der Waals surface area contributed by atoms with E-state index in [9.17, 15) is 0 Å². The van der Waals surface area contributed by atoms with Gasteiger partial charge < -0.3 is 0 Å². The Kier molecular flexibility index (Phi) is 3.44. The van der Waals surface area contributed by atoms with Gasteiger partial charge in [0.25, 0.3) is 0 Å². The number of carbonyl (C=O) groups excluding carboxylic acids is 2. The molecule has 3 heteroatoms. The van der Waals surface area contributed by atoms with Crippen LogP contribution in [0.25, 0.3) is 0 Å². The average molecular weight is 111 g/mol. The second-order valence-electron chi connectivity index (χ2n) is 0.249. The van der Waals surface area contributed by atoms with Crippen molar-refractivity contribution in [2.24, 2.45) is 0 Å². The van der Waals surface area contributed by atoms with Gasteiger partial charge in [0.1, 0.15) is 0 Å². The van der Waals surface area contributed by atoms with Gasteiger partial charge in [-0.3, -0.25) is 0 Å². The molecule has 0 bridgehead atoms. The molecule has 0 aromatic carbocycles. The Labute approximate surface area is 34.0 Å². The van der Waals surface area contributed by atoms with E-state index in [-0.39, 0.29) is 0 Å². The van der Waals surface area contributed by atoms with Gasteiger partial charge in [0.15, 0.2) is 0 Å². The van der Waals surface area contributed by atoms with E-state index in [0.29, 0.717) is 0 Å². The minimum atomic E-state index is -0.438. The summed E-state index contributed by atoms with van der Waals surface area (Å²) in [5, 5.41) is 0. The molecule has 0 fully saturated rings. The summed E-state index contributed by atoms with van der Waals surface area (Å²) in [5.41, 5.74) is 0. The van der Waals surface area contributed by atoms with Gasteiger partial charge in [0.05, 0.1) is 0 Å². The third kappa shape index (κ3) is 3.68. The van der Waals surface area contributed by atoms with Gasteiger partial charge in [0, 0.05) is 0 Å². The van der Waals surface area contributed by atoms with Gasteiger partial charge in [-0.05, 0) is 0 Å². The van der Waals surface area contributed by atoms with Crippen molar-refractivity contribution < 1.29 is 23.7 Å². The van der Waals surface area contributed by atoms with Crippen molar-refractivity contribution in [2.75, 3.05) is 0 Å². The van der Waals surface area contributed by atoms with E-state index in [1.165, 1.54) is 9.57 Å². The van der Waals surface area contributed by atoms with E-state index in [1.54, 1.807) is 0 Å². The van der Waals surface area contributed by atoms with Crippen LogP contribution in [-0.4, -0.2) is 9.57 Å². The van der Waals surface area contributed by atoms with Gasteiger partial charge in [-0.2, -0.15) is 0 Å². The first-order valence-corrected chi connectivity index (χ1v) is 1.97. The van der Waals surface area contributed by atoms with Crippen molar-refractivity contribution in [3.63, 3.8) is 0 Å². The number of hydrogen-bond donors (Lipinski definition) is 0. The summed E-state index contributed by atoms with van der Waals surface area (Å²) in [6.45, 7) is 0. The number of hydrogen-bond acceptors (Lipinski definition) is 2. The third-order valence-electron chi connectivity index (χ3n) is 0.0772. The third-order valence-corrected chi connectivity index (χ3v) is 0.318. The molecule has 0 spiro atoms. The first-order valence-electron chi connectivity index (χ1n) is 0.786. The molecule has 27 valence electrons. The molecule has 0 rings (SSSR count). The van der Waals surface area contributed by atoms with Crippen molar-refractivity contribution >= 4 is 9.57 Å². The van der Waals surface area contributed by atoms with Crippen LogP contribution >= 0.6 is 0 Å². The Balaban J connectivity index is 4.38. The van der Waals surface area contributed by atoms with Crippen LogP contribution in [0.1, 0.15) is 0 Å². The van der Waals surface area contributed by atoms with Crippen molar-refractivity contribution in [2.45, 2.75) is 0 Å². The second kappa shape index (κ2) is 3.68. The van der Waals surface area contributed by atoms with Crippen LogP contribution in [-0.2, 0) is 23.7 Å². The zero-order valence-electron chi connectivity index (χ0n) is 2.19. The second-order valence-corrected chi connectivity index (χ2v) is 1.03. The maximum absolute atomic E-state index is 9.03. The number of rotatable bonds is 0. The summed E-state index contributed by atoms with van der Waals surface area (Å²) in [7, 11) is 0. The van der Waals surface area contributed by atoms with E-state index in [4.69, 9.17) is 9.59 Å². The molecule has 2 nitrogen and oxygen atoms in total. The molecule has 0 heterocycles. The molecule has 0 amide bonds. The molecule has 0 N–H and O–H groups in total. The fourth-order valence-corrected chi connectivity index (χ4v) is 0.0649. The Morgan fingerprint density at radius 1 is 1.20 bits per heavy atom. The van der Waals surface area contributed by atoms with Gasteiger partial charge in [0.2, 0.25) is 0 Å². The van der Waals surface area contributed by atoms with Gasteiger partial charge in [-0.15, -0.1) is 0 Å². The van der Waals surface area contributed by atoms with Crippen LogP contribution in [0.2, 0.25) is 0 Å². The SMILES string of the molecule is O=[C]=[Mn]=[C]=O. The molecular formula is C2MnO2. The summed E-state index contributed by atoms with van der Waals surface area (Å²) in [4.78, 5) is 20.8. The van der Waals surface area contributed by atoms with Crippen LogP contribution in [0.15, 0.2) is 0 Å². The van der Waals surface area contributed by atoms with Crippen molar-refractivity contribution in [1.29, 1.82) is 0 Å². The van der Waals surface area contributed by atoms with E-state index >= 15 is 0 Å². The van der Waals surface area contributed by atoms with Crippen molar-refractivity contribution in [1.82, 2.24) is 0 Å².